The Morgan fingerprint density at radius 3 is 2.19 bits per heavy atom. The van der Waals surface area contributed by atoms with Gasteiger partial charge in [-0.1, -0.05) is 103 Å². The van der Waals surface area contributed by atoms with Gasteiger partial charge in [0, 0.05) is 23.2 Å². The monoisotopic (exact) mass is 885 g/mol. The van der Waals surface area contributed by atoms with Crippen LogP contribution in [0.2, 0.25) is 5.04 Å². The molecule has 0 amide bonds. The maximum Gasteiger partial charge on any atom is 0.333 e. The topological polar surface area (TPSA) is 124 Å². The molecule has 0 radical (unpaired) electrons. The number of rotatable bonds is 12. The molecule has 4 heterocycles. The lowest BCUT2D eigenvalue weighted by molar-refractivity contribution is -0.144. The minimum absolute atomic E-state index is 0.00419. The van der Waals surface area contributed by atoms with Crippen molar-refractivity contribution in [3.8, 4) is 16.5 Å². The summed E-state index contributed by atoms with van der Waals surface area (Å²) in [6, 6.07) is 25.2. The summed E-state index contributed by atoms with van der Waals surface area (Å²) in [4.78, 5) is 50.9. The Labute approximate surface area is 350 Å². The van der Waals surface area contributed by atoms with Gasteiger partial charge in [0.1, 0.15) is 28.5 Å². The van der Waals surface area contributed by atoms with Crippen LogP contribution in [0.15, 0.2) is 110 Å². The van der Waals surface area contributed by atoms with E-state index in [9.17, 15) is 0 Å². The Morgan fingerprint density at radius 2 is 1.62 bits per heavy atom. The highest BCUT2D eigenvalue weighted by atomic mass is 79.9. The van der Waals surface area contributed by atoms with E-state index in [1.54, 1.807) is 32.4 Å². The summed E-state index contributed by atoms with van der Waals surface area (Å²) in [5.41, 5.74) is -1.77. The first-order valence-electron chi connectivity index (χ1n) is 19.3. The standard InChI is InChI=1S/C44H48BrN3O8SSi/c1-28-36-39(49)48(44(5,6)41(50)56-58(43(2,3)4,31-14-10-8-11-15-31)32-16-12-9-13-17-32)42(51)47(40(36)57-37(28)38-46-22-25-54-38)27-35(55-30-20-23-53-24-21-30)33-19-18-29(45)26-34(33)52-7/h8-19,22,25-26,30,35H,20-21,23-24,27H2,1-7H3/t35-/m0/s1. The Kier molecular flexibility index (Phi) is 11.9. The van der Waals surface area contributed by atoms with E-state index >= 15 is 14.4 Å². The average molecular weight is 887 g/mol. The zero-order valence-corrected chi connectivity index (χ0v) is 37.1. The first-order chi connectivity index (χ1) is 27.7. The van der Waals surface area contributed by atoms with Crippen LogP contribution in [0.3, 0.4) is 0 Å². The van der Waals surface area contributed by atoms with Gasteiger partial charge in [0.15, 0.2) is 0 Å². The minimum Gasteiger partial charge on any atom is -0.508 e. The summed E-state index contributed by atoms with van der Waals surface area (Å²) >= 11 is 4.79. The number of methoxy groups -OCH3 is 1. The van der Waals surface area contributed by atoms with Crippen molar-refractivity contribution in [1.82, 2.24) is 14.1 Å². The number of fused-ring (bicyclic) bond motifs is 1. The van der Waals surface area contributed by atoms with Gasteiger partial charge in [0.25, 0.3) is 5.56 Å². The number of aromatic nitrogens is 3. The summed E-state index contributed by atoms with van der Waals surface area (Å²) in [7, 11) is -1.86. The van der Waals surface area contributed by atoms with Crippen LogP contribution in [0, 0.1) is 6.92 Å². The lowest BCUT2D eigenvalue weighted by atomic mass is 10.0. The second kappa shape index (κ2) is 16.6. The number of aryl methyl sites for hydroxylation is 1. The van der Waals surface area contributed by atoms with Crippen molar-refractivity contribution in [2.24, 2.45) is 0 Å². The molecule has 0 spiro atoms. The van der Waals surface area contributed by atoms with Crippen LogP contribution < -0.4 is 26.4 Å². The third kappa shape index (κ3) is 7.56. The Hall–Kier alpha value is -4.60. The molecule has 1 aliphatic heterocycles. The van der Waals surface area contributed by atoms with Crippen LogP contribution in [0.5, 0.6) is 5.75 Å². The molecule has 11 nitrogen and oxygen atoms in total. The summed E-state index contributed by atoms with van der Waals surface area (Å²) in [5, 5.41) is 1.50. The fourth-order valence-electron chi connectivity index (χ4n) is 7.92. The number of halogens is 1. The number of ether oxygens (including phenoxy) is 3. The zero-order chi connectivity index (χ0) is 41.4. The number of benzene rings is 3. The molecular weight excluding hydrogens is 839 g/mol. The lowest BCUT2D eigenvalue weighted by Crippen LogP contribution is -2.69. The molecule has 0 saturated carbocycles. The normalized spacial score (nSPS) is 14.8. The molecule has 14 heteroatoms. The van der Waals surface area contributed by atoms with E-state index in [0.29, 0.717) is 53.0 Å². The van der Waals surface area contributed by atoms with Crippen molar-refractivity contribution in [2.45, 2.75) is 83.7 Å². The molecule has 0 bridgehead atoms. The average Bonchev–Trinajstić information content (AvgIpc) is 3.87. The van der Waals surface area contributed by atoms with Gasteiger partial charge >= 0.3 is 20.0 Å². The second-order valence-corrected chi connectivity index (χ2v) is 22.2. The molecule has 1 atom stereocenters. The smallest absolute Gasteiger partial charge is 0.333 e. The third-order valence-electron chi connectivity index (χ3n) is 11.0. The molecular formula is C44H48BrN3O8SSi. The van der Waals surface area contributed by atoms with Gasteiger partial charge in [0.05, 0.1) is 36.2 Å². The number of hydrogen-bond acceptors (Lipinski definition) is 10. The van der Waals surface area contributed by atoms with E-state index in [0.717, 1.165) is 25.0 Å². The third-order valence-corrected chi connectivity index (χ3v) is 17.7. The van der Waals surface area contributed by atoms with Crippen LogP contribution in [-0.4, -0.2) is 54.8 Å². The van der Waals surface area contributed by atoms with Crippen molar-refractivity contribution in [3.05, 3.63) is 128 Å². The molecule has 0 N–H and O–H groups in total. The minimum atomic E-state index is -3.45. The molecule has 3 aromatic carbocycles. The number of oxazole rings is 1. The molecule has 1 aliphatic rings. The van der Waals surface area contributed by atoms with Crippen molar-refractivity contribution >= 4 is 62.1 Å². The van der Waals surface area contributed by atoms with Gasteiger partial charge in [-0.3, -0.25) is 14.2 Å². The SMILES string of the molecule is COc1cc(Br)ccc1[C@H](Cn1c(=O)n(C(C)(C)C(=O)O[Si](c2ccccc2)(c2ccccc2)C(C)(C)C)c(=O)c2c(C)c(-c3ncco3)sc21)OC1CCOCC1. The molecule has 7 rings (SSSR count). The van der Waals surface area contributed by atoms with E-state index in [4.69, 9.17) is 23.1 Å². The number of carbonyl (C=O) groups excluding carboxylic acids is 1. The van der Waals surface area contributed by atoms with Crippen molar-refractivity contribution in [2.75, 3.05) is 20.3 Å². The molecule has 58 heavy (non-hydrogen) atoms. The molecule has 1 fully saturated rings. The van der Waals surface area contributed by atoms with E-state index < -0.39 is 42.2 Å². The predicted octanol–water partition coefficient (Wildman–Crippen LogP) is 7.73. The van der Waals surface area contributed by atoms with Crippen LogP contribution in [-0.2, 0) is 30.8 Å². The highest BCUT2D eigenvalue weighted by Crippen LogP contribution is 2.40. The van der Waals surface area contributed by atoms with E-state index in [1.807, 2.05) is 78.9 Å². The molecule has 0 unspecified atom stereocenters. The summed E-state index contributed by atoms with van der Waals surface area (Å²) in [6.45, 7) is 12.3. The van der Waals surface area contributed by atoms with Gasteiger partial charge < -0.3 is 23.1 Å². The largest absolute Gasteiger partial charge is 0.508 e. The predicted molar refractivity (Wildman–Crippen MR) is 232 cm³/mol. The molecule has 1 saturated heterocycles. The van der Waals surface area contributed by atoms with Gasteiger partial charge in [0.2, 0.25) is 5.89 Å². The summed E-state index contributed by atoms with van der Waals surface area (Å²) < 4.78 is 34.4. The van der Waals surface area contributed by atoms with Crippen LogP contribution >= 0.6 is 27.3 Å². The zero-order valence-electron chi connectivity index (χ0n) is 33.7. The number of thiophene rings is 1. The number of carbonyl (C=O) groups is 1. The molecule has 304 valence electrons. The fraction of sp³-hybridized carbons (Fsp3) is 0.364. The van der Waals surface area contributed by atoms with Gasteiger partial charge in [-0.2, -0.15) is 0 Å². The molecule has 3 aromatic heterocycles. The second-order valence-electron chi connectivity index (χ2n) is 16.0. The summed E-state index contributed by atoms with van der Waals surface area (Å²) in [6.07, 6.45) is 3.49. The van der Waals surface area contributed by atoms with Crippen LogP contribution in [0.1, 0.15) is 64.7 Å². The molecule has 0 aliphatic carbocycles. The highest BCUT2D eigenvalue weighted by Gasteiger charge is 2.55. The Bertz CT molecular complexity index is 2480. The first kappa shape index (κ1) is 41.6. The quantitative estimate of drug-likeness (QED) is 0.114. The van der Waals surface area contributed by atoms with Gasteiger partial charge in [-0.15, -0.1) is 11.3 Å². The van der Waals surface area contributed by atoms with E-state index in [-0.39, 0.29) is 18.0 Å². The van der Waals surface area contributed by atoms with E-state index in [1.165, 1.54) is 23.8 Å². The van der Waals surface area contributed by atoms with Gasteiger partial charge in [-0.25, -0.2) is 14.3 Å². The van der Waals surface area contributed by atoms with Crippen LogP contribution in [0.25, 0.3) is 21.0 Å². The number of hydrogen-bond donors (Lipinski definition) is 0. The number of nitrogens with zero attached hydrogens (tertiary/aromatic N) is 3. The Balaban J connectivity index is 1.44. The summed E-state index contributed by atoms with van der Waals surface area (Å²) in [5.74, 6) is 0.192. The van der Waals surface area contributed by atoms with Gasteiger partial charge in [-0.05, 0) is 66.7 Å². The first-order valence-corrected chi connectivity index (χ1v) is 22.8. The Morgan fingerprint density at radius 1 is 0.983 bits per heavy atom. The molecule has 6 aromatic rings. The van der Waals surface area contributed by atoms with Crippen molar-refractivity contribution in [1.29, 1.82) is 0 Å². The van der Waals surface area contributed by atoms with Crippen molar-refractivity contribution in [3.63, 3.8) is 0 Å². The maximum absolute atomic E-state index is 15.3. The van der Waals surface area contributed by atoms with E-state index in [2.05, 4.69) is 41.7 Å². The van der Waals surface area contributed by atoms with Crippen molar-refractivity contribution < 1.29 is 27.8 Å². The lowest BCUT2D eigenvalue weighted by Gasteiger charge is -2.43. The van der Waals surface area contributed by atoms with Crippen LogP contribution in [0.4, 0.5) is 0 Å². The highest BCUT2D eigenvalue weighted by molar-refractivity contribution is 9.10. The fourth-order valence-corrected chi connectivity index (χ4v) is 14.0. The maximum atomic E-state index is 15.3.